The van der Waals surface area contributed by atoms with E-state index in [2.05, 4.69) is 41.7 Å². The van der Waals surface area contributed by atoms with Crippen molar-refractivity contribution in [2.75, 3.05) is 18.6 Å². The molecule has 1 saturated heterocycles. The average molecular weight is 442 g/mol. The van der Waals surface area contributed by atoms with Gasteiger partial charge in [-0.1, -0.05) is 6.07 Å². The highest BCUT2D eigenvalue weighted by molar-refractivity contribution is 8.22. The summed E-state index contributed by atoms with van der Waals surface area (Å²) in [6.45, 7) is 0. The van der Waals surface area contributed by atoms with Crippen LogP contribution in [-0.4, -0.2) is 24.7 Å². The molecule has 1 unspecified atom stereocenters. The van der Waals surface area contributed by atoms with Crippen molar-refractivity contribution in [3.8, 4) is 17.6 Å². The lowest BCUT2D eigenvalue weighted by Crippen LogP contribution is -2.22. The van der Waals surface area contributed by atoms with Gasteiger partial charge in [-0.05, 0) is 104 Å². The lowest BCUT2D eigenvalue weighted by atomic mass is 9.78. The molecule has 3 atom stereocenters. The summed E-state index contributed by atoms with van der Waals surface area (Å²) in [6, 6.07) is 8.99. The molecular formula is C25H31NO2S2. The van der Waals surface area contributed by atoms with Crippen molar-refractivity contribution < 1.29 is 9.47 Å². The van der Waals surface area contributed by atoms with Crippen LogP contribution in [0.25, 0.3) is 0 Å². The van der Waals surface area contributed by atoms with E-state index in [0.29, 0.717) is 11.8 Å². The number of allylic oxidation sites excluding steroid dienone is 1. The Hall–Kier alpha value is -1.25. The van der Waals surface area contributed by atoms with Gasteiger partial charge < -0.3 is 9.47 Å². The monoisotopic (exact) mass is 441 g/mol. The van der Waals surface area contributed by atoms with E-state index >= 15 is 0 Å². The van der Waals surface area contributed by atoms with E-state index in [9.17, 15) is 5.26 Å². The molecule has 30 heavy (non-hydrogen) atoms. The Kier molecular flexibility index (Phi) is 5.99. The zero-order valence-electron chi connectivity index (χ0n) is 17.8. The molecule has 1 heterocycles. The highest BCUT2D eigenvalue weighted by Crippen LogP contribution is 2.58. The topological polar surface area (TPSA) is 42.2 Å². The molecule has 5 heteroatoms. The second-order valence-electron chi connectivity index (χ2n) is 9.36. The maximum Gasteiger partial charge on any atom is 0.161 e. The van der Waals surface area contributed by atoms with Crippen LogP contribution < -0.4 is 9.47 Å². The first-order valence-electron chi connectivity index (χ1n) is 11.4. The van der Waals surface area contributed by atoms with E-state index in [4.69, 9.17) is 9.47 Å². The number of benzene rings is 1. The van der Waals surface area contributed by atoms with Crippen LogP contribution in [0.2, 0.25) is 0 Å². The smallest absolute Gasteiger partial charge is 0.161 e. The Morgan fingerprint density at radius 2 is 1.70 bits per heavy atom. The third-order valence-corrected chi connectivity index (χ3v) is 10.3. The highest BCUT2D eigenvalue weighted by Gasteiger charge is 2.50. The summed E-state index contributed by atoms with van der Waals surface area (Å²) in [7, 11) is 1.70. The highest BCUT2D eigenvalue weighted by atomic mass is 32.2. The van der Waals surface area contributed by atoms with Crippen molar-refractivity contribution in [1.82, 2.24) is 0 Å². The van der Waals surface area contributed by atoms with Crippen LogP contribution in [0.1, 0.15) is 63.4 Å². The number of nitrogens with zero attached hydrogens (tertiary/aromatic N) is 1. The molecule has 0 spiro atoms. The first-order chi connectivity index (χ1) is 14.7. The van der Waals surface area contributed by atoms with Gasteiger partial charge >= 0.3 is 0 Å². The van der Waals surface area contributed by atoms with E-state index in [0.717, 1.165) is 42.7 Å². The van der Waals surface area contributed by atoms with Gasteiger partial charge in [-0.25, -0.2) is 0 Å². The van der Waals surface area contributed by atoms with Gasteiger partial charge in [0.1, 0.15) is 0 Å². The minimum atomic E-state index is -0.377. The fourth-order valence-electron chi connectivity index (χ4n) is 5.95. The zero-order chi connectivity index (χ0) is 20.6. The molecule has 0 bridgehead atoms. The van der Waals surface area contributed by atoms with Crippen molar-refractivity contribution in [2.24, 2.45) is 11.8 Å². The summed E-state index contributed by atoms with van der Waals surface area (Å²) in [5.74, 6) is 5.47. The summed E-state index contributed by atoms with van der Waals surface area (Å²) in [4.78, 5) is 0. The fourth-order valence-corrected chi connectivity index (χ4v) is 8.66. The van der Waals surface area contributed by atoms with Crippen LogP contribution in [0, 0.1) is 23.2 Å². The number of methoxy groups -OCH3 is 1. The Morgan fingerprint density at radius 1 is 1.00 bits per heavy atom. The minimum absolute atomic E-state index is 0.287. The van der Waals surface area contributed by atoms with Crippen LogP contribution in [0.3, 0.4) is 0 Å². The standard InChI is InChI=1S/C25H31NO2S2/c1-27-22-8-7-20(13-23(22)28-21-5-2-3-6-21)25(16-26)14-18-11-17(12-19(18)15-25)24-29-9-4-10-30-24/h7-8,13,18-19,21H,2-6,9-12,14-15H2,1H3/t18-,19+,25?. The minimum Gasteiger partial charge on any atom is -0.493 e. The molecule has 3 aliphatic carbocycles. The molecule has 4 aliphatic rings. The number of rotatable bonds is 4. The lowest BCUT2D eigenvalue weighted by Gasteiger charge is -2.25. The van der Waals surface area contributed by atoms with Gasteiger partial charge in [-0.2, -0.15) is 5.26 Å². The Morgan fingerprint density at radius 3 is 2.33 bits per heavy atom. The summed E-state index contributed by atoms with van der Waals surface area (Å²) < 4.78 is 13.5. The molecule has 0 radical (unpaired) electrons. The molecule has 1 aromatic carbocycles. The van der Waals surface area contributed by atoms with Crippen LogP contribution >= 0.6 is 23.5 Å². The van der Waals surface area contributed by atoms with E-state index in [1.807, 2.05) is 6.07 Å². The third-order valence-electron chi connectivity index (χ3n) is 7.47. The summed E-state index contributed by atoms with van der Waals surface area (Å²) in [5.41, 5.74) is 2.44. The zero-order valence-corrected chi connectivity index (χ0v) is 19.5. The Balaban J connectivity index is 1.37. The number of fused-ring (bicyclic) bond motifs is 1. The molecule has 0 amide bonds. The SMILES string of the molecule is COc1ccc(C2(C#N)C[C@H]3CC(=C4SCCCS4)C[C@H]3C2)cc1OC1CCCC1. The maximum absolute atomic E-state index is 10.3. The summed E-state index contributed by atoms with van der Waals surface area (Å²) >= 11 is 4.14. The number of nitriles is 1. The summed E-state index contributed by atoms with van der Waals surface area (Å²) in [6.07, 6.45) is 10.7. The first kappa shape index (κ1) is 20.6. The lowest BCUT2D eigenvalue weighted by molar-refractivity contribution is 0.200. The molecule has 3 saturated carbocycles. The van der Waals surface area contributed by atoms with Gasteiger partial charge in [0.25, 0.3) is 0 Å². The Labute approximate surface area is 189 Å². The fraction of sp³-hybridized carbons (Fsp3) is 0.640. The molecular weight excluding hydrogens is 410 g/mol. The summed E-state index contributed by atoms with van der Waals surface area (Å²) in [5, 5.41) is 10.3. The molecule has 0 N–H and O–H groups in total. The Bertz CT molecular complexity index is 844. The first-order valence-corrected chi connectivity index (χ1v) is 13.4. The van der Waals surface area contributed by atoms with Gasteiger partial charge in [0, 0.05) is 4.24 Å². The van der Waals surface area contributed by atoms with E-state index in [-0.39, 0.29) is 11.5 Å². The predicted molar refractivity (Wildman–Crippen MR) is 125 cm³/mol. The molecule has 5 rings (SSSR count). The van der Waals surface area contributed by atoms with Crippen molar-refractivity contribution in [3.05, 3.63) is 33.6 Å². The maximum atomic E-state index is 10.3. The van der Waals surface area contributed by atoms with Gasteiger partial charge in [0.15, 0.2) is 11.5 Å². The quantitative estimate of drug-likeness (QED) is 0.521. The van der Waals surface area contributed by atoms with Crippen LogP contribution in [0.4, 0.5) is 0 Å². The van der Waals surface area contributed by atoms with E-state index in [1.54, 1.807) is 16.9 Å². The van der Waals surface area contributed by atoms with Crippen molar-refractivity contribution >= 4 is 23.5 Å². The molecule has 4 fully saturated rings. The van der Waals surface area contributed by atoms with Gasteiger partial charge in [-0.15, -0.1) is 23.5 Å². The molecule has 160 valence electrons. The molecule has 1 aliphatic heterocycles. The number of ether oxygens (including phenoxy) is 2. The van der Waals surface area contributed by atoms with Gasteiger partial charge in [0.2, 0.25) is 0 Å². The van der Waals surface area contributed by atoms with Gasteiger partial charge in [0.05, 0.1) is 24.7 Å². The normalized spacial score (nSPS) is 31.6. The second kappa shape index (κ2) is 8.71. The number of thioether (sulfide) groups is 2. The largest absolute Gasteiger partial charge is 0.493 e. The van der Waals surface area contributed by atoms with E-state index < -0.39 is 0 Å². The second-order valence-corrected chi connectivity index (χ2v) is 11.8. The predicted octanol–water partition coefficient (Wildman–Crippen LogP) is 6.68. The van der Waals surface area contributed by atoms with Gasteiger partial charge in [-0.3, -0.25) is 0 Å². The van der Waals surface area contributed by atoms with Crippen LogP contribution in [0.5, 0.6) is 11.5 Å². The average Bonchev–Trinajstić information content (AvgIpc) is 3.50. The van der Waals surface area contributed by atoms with Crippen molar-refractivity contribution in [3.63, 3.8) is 0 Å². The molecule has 1 aromatic rings. The van der Waals surface area contributed by atoms with E-state index in [1.165, 1.54) is 43.6 Å². The number of hydrogen-bond acceptors (Lipinski definition) is 5. The van der Waals surface area contributed by atoms with Crippen LogP contribution in [-0.2, 0) is 5.41 Å². The van der Waals surface area contributed by atoms with Crippen molar-refractivity contribution in [1.29, 1.82) is 5.26 Å². The van der Waals surface area contributed by atoms with Crippen LogP contribution in [0.15, 0.2) is 28.0 Å². The molecule has 0 aromatic heterocycles. The van der Waals surface area contributed by atoms with Crippen molar-refractivity contribution in [2.45, 2.75) is 69.3 Å². The third kappa shape index (κ3) is 3.86. The number of hydrogen-bond donors (Lipinski definition) is 0. The molecule has 3 nitrogen and oxygen atoms in total.